The molecule has 0 spiro atoms. The van der Waals surface area contributed by atoms with Crippen molar-refractivity contribution in [2.24, 2.45) is 5.92 Å². The molecule has 2 saturated heterocycles. The van der Waals surface area contributed by atoms with E-state index in [9.17, 15) is 10.1 Å². The normalized spacial score (nSPS) is 28.0. The summed E-state index contributed by atoms with van der Waals surface area (Å²) in [4.78, 5) is 16.3. The number of fused-ring (bicyclic) bond motifs is 1. The van der Waals surface area contributed by atoms with Gasteiger partial charge in [0.15, 0.2) is 0 Å². The number of aromatic nitrogens is 2. The lowest BCUT2D eigenvalue weighted by Gasteiger charge is -2.47. The molecule has 3 aliphatic rings. The highest BCUT2D eigenvalue weighted by Gasteiger charge is 2.43. The van der Waals surface area contributed by atoms with E-state index in [1.54, 1.807) is 6.92 Å². The van der Waals surface area contributed by atoms with Gasteiger partial charge in [-0.1, -0.05) is 0 Å². The van der Waals surface area contributed by atoms with E-state index in [1.165, 1.54) is 32.2 Å². The highest BCUT2D eigenvalue weighted by Crippen LogP contribution is 2.41. The lowest BCUT2D eigenvalue weighted by atomic mass is 9.83. The van der Waals surface area contributed by atoms with Gasteiger partial charge in [-0.2, -0.15) is 5.10 Å². The van der Waals surface area contributed by atoms with Gasteiger partial charge in [-0.3, -0.25) is 15.0 Å². The monoisotopic (exact) mass is 333 g/mol. The van der Waals surface area contributed by atoms with Gasteiger partial charge in [0, 0.05) is 31.7 Å². The standard InChI is InChI=1S/C17H27N5O2/c1-3-21-17(16(22(23)24)12(2)18-21)19-10-8-15-13(11-19)5-4-9-20(15)14-6-7-14/h13-15H,3-11H2,1-2H3/t13-,15-/m1/s1. The average molecular weight is 333 g/mol. The third kappa shape index (κ3) is 2.59. The zero-order valence-corrected chi connectivity index (χ0v) is 14.6. The van der Waals surface area contributed by atoms with Gasteiger partial charge in [-0.05, 0) is 58.4 Å². The molecule has 1 aliphatic carbocycles. The zero-order valence-electron chi connectivity index (χ0n) is 14.6. The third-order valence-electron chi connectivity index (χ3n) is 5.98. The summed E-state index contributed by atoms with van der Waals surface area (Å²) >= 11 is 0. The number of nitro groups is 1. The number of hydrogen-bond donors (Lipinski definition) is 0. The number of piperidine rings is 2. The first-order valence-electron chi connectivity index (χ1n) is 9.32. The maximum atomic E-state index is 11.6. The van der Waals surface area contributed by atoms with E-state index in [2.05, 4.69) is 14.9 Å². The summed E-state index contributed by atoms with van der Waals surface area (Å²) < 4.78 is 1.81. The van der Waals surface area contributed by atoms with Crippen molar-refractivity contribution < 1.29 is 4.92 Å². The van der Waals surface area contributed by atoms with Crippen LogP contribution in [-0.4, -0.2) is 51.3 Å². The van der Waals surface area contributed by atoms with Gasteiger partial charge in [-0.25, -0.2) is 4.68 Å². The number of rotatable bonds is 4. The zero-order chi connectivity index (χ0) is 16.8. The third-order valence-corrected chi connectivity index (χ3v) is 5.98. The van der Waals surface area contributed by atoms with E-state index >= 15 is 0 Å². The van der Waals surface area contributed by atoms with Crippen LogP contribution in [0.1, 0.15) is 44.7 Å². The maximum absolute atomic E-state index is 11.6. The quantitative estimate of drug-likeness (QED) is 0.626. The molecule has 0 N–H and O–H groups in total. The number of nitrogens with zero attached hydrogens (tertiary/aromatic N) is 5. The molecule has 1 aromatic rings. The van der Waals surface area contributed by atoms with E-state index in [0.717, 1.165) is 31.4 Å². The van der Waals surface area contributed by atoms with E-state index in [4.69, 9.17) is 0 Å². The van der Waals surface area contributed by atoms with Crippen LogP contribution in [0.25, 0.3) is 0 Å². The fourth-order valence-electron chi connectivity index (χ4n) is 4.80. The fraction of sp³-hybridized carbons (Fsp3) is 0.824. The highest BCUT2D eigenvalue weighted by atomic mass is 16.6. The van der Waals surface area contributed by atoms with E-state index in [0.29, 0.717) is 24.2 Å². The van der Waals surface area contributed by atoms with Crippen LogP contribution in [-0.2, 0) is 6.54 Å². The number of aryl methyl sites for hydroxylation is 2. The van der Waals surface area contributed by atoms with Crippen LogP contribution in [0.2, 0.25) is 0 Å². The molecule has 132 valence electrons. The van der Waals surface area contributed by atoms with Crippen molar-refractivity contribution >= 4 is 11.5 Å². The van der Waals surface area contributed by atoms with E-state index in [-0.39, 0.29) is 10.6 Å². The summed E-state index contributed by atoms with van der Waals surface area (Å²) in [7, 11) is 0. The molecular formula is C17H27N5O2. The summed E-state index contributed by atoms with van der Waals surface area (Å²) in [5.74, 6) is 1.36. The van der Waals surface area contributed by atoms with E-state index < -0.39 is 0 Å². The molecule has 1 saturated carbocycles. The smallest absolute Gasteiger partial charge is 0.333 e. The summed E-state index contributed by atoms with van der Waals surface area (Å²) in [6, 6.07) is 1.50. The molecule has 0 unspecified atom stereocenters. The molecule has 4 rings (SSSR count). The van der Waals surface area contributed by atoms with Gasteiger partial charge in [0.25, 0.3) is 0 Å². The summed E-state index contributed by atoms with van der Waals surface area (Å²) in [6.45, 7) is 7.49. The van der Waals surface area contributed by atoms with Gasteiger partial charge >= 0.3 is 5.69 Å². The van der Waals surface area contributed by atoms with E-state index in [1.807, 2.05) is 11.6 Å². The Morgan fingerprint density at radius 2 is 2.04 bits per heavy atom. The minimum atomic E-state index is -0.257. The maximum Gasteiger partial charge on any atom is 0.333 e. The first-order chi connectivity index (χ1) is 11.6. The molecule has 0 aromatic carbocycles. The molecule has 3 fully saturated rings. The van der Waals surface area contributed by atoms with Crippen LogP contribution < -0.4 is 4.90 Å². The minimum absolute atomic E-state index is 0.199. The van der Waals surface area contributed by atoms with Crippen molar-refractivity contribution in [2.75, 3.05) is 24.5 Å². The molecular weight excluding hydrogens is 306 g/mol. The summed E-state index contributed by atoms with van der Waals surface area (Å²) in [6.07, 6.45) is 6.35. The second-order valence-corrected chi connectivity index (χ2v) is 7.50. The molecule has 1 aromatic heterocycles. The van der Waals surface area contributed by atoms with Gasteiger partial charge in [0.05, 0.1) is 4.92 Å². The van der Waals surface area contributed by atoms with Crippen LogP contribution in [0, 0.1) is 23.0 Å². The van der Waals surface area contributed by atoms with Crippen molar-refractivity contribution in [3.05, 3.63) is 15.8 Å². The largest absolute Gasteiger partial charge is 0.351 e. The molecule has 0 bridgehead atoms. The van der Waals surface area contributed by atoms with Gasteiger partial charge in [0.2, 0.25) is 5.82 Å². The molecule has 3 heterocycles. The van der Waals surface area contributed by atoms with Crippen LogP contribution in [0.3, 0.4) is 0 Å². The van der Waals surface area contributed by atoms with Crippen molar-refractivity contribution in [3.63, 3.8) is 0 Å². The molecule has 7 nitrogen and oxygen atoms in total. The SMILES string of the molecule is CCn1nc(C)c([N+](=O)[O-])c1N1CC[C@@H]2[C@H](CCCN2C2CC2)C1. The predicted molar refractivity (Wildman–Crippen MR) is 92.4 cm³/mol. The van der Waals surface area contributed by atoms with Crippen molar-refractivity contribution in [1.29, 1.82) is 0 Å². The Labute approximate surface area is 142 Å². The first-order valence-corrected chi connectivity index (χ1v) is 9.32. The van der Waals surface area contributed by atoms with Gasteiger partial charge in [0.1, 0.15) is 5.69 Å². The topological polar surface area (TPSA) is 67.4 Å². The molecule has 2 aliphatic heterocycles. The molecule has 0 amide bonds. The lowest BCUT2D eigenvalue weighted by Crippen LogP contribution is -2.55. The number of hydrogen-bond acceptors (Lipinski definition) is 5. The second-order valence-electron chi connectivity index (χ2n) is 7.50. The Morgan fingerprint density at radius 1 is 1.25 bits per heavy atom. The Bertz CT molecular complexity index is 639. The predicted octanol–water partition coefficient (Wildman–Crippen LogP) is 2.57. The van der Waals surface area contributed by atoms with Crippen LogP contribution in [0.15, 0.2) is 0 Å². The Kier molecular flexibility index (Phi) is 3.98. The molecule has 2 atom stereocenters. The summed E-state index contributed by atoms with van der Waals surface area (Å²) in [5.41, 5.74) is 0.729. The van der Waals surface area contributed by atoms with Crippen molar-refractivity contribution in [1.82, 2.24) is 14.7 Å². The Balaban J connectivity index is 1.59. The lowest BCUT2D eigenvalue weighted by molar-refractivity contribution is -0.384. The average Bonchev–Trinajstić information content (AvgIpc) is 3.36. The second kappa shape index (κ2) is 6.02. The summed E-state index contributed by atoms with van der Waals surface area (Å²) in [5, 5.41) is 16.0. The van der Waals surface area contributed by atoms with Crippen molar-refractivity contribution in [2.45, 2.75) is 64.6 Å². The number of likely N-dealkylation sites (tertiary alicyclic amines) is 1. The Morgan fingerprint density at radius 3 is 2.71 bits per heavy atom. The van der Waals surface area contributed by atoms with Crippen molar-refractivity contribution in [3.8, 4) is 0 Å². The number of anilines is 1. The minimum Gasteiger partial charge on any atom is -0.351 e. The fourth-order valence-corrected chi connectivity index (χ4v) is 4.80. The van der Waals surface area contributed by atoms with Gasteiger partial charge in [-0.15, -0.1) is 0 Å². The molecule has 7 heteroatoms. The molecule has 0 radical (unpaired) electrons. The highest BCUT2D eigenvalue weighted by molar-refractivity contribution is 5.61. The first kappa shape index (κ1) is 15.9. The van der Waals surface area contributed by atoms with Gasteiger partial charge < -0.3 is 4.90 Å². The van der Waals surface area contributed by atoms with Crippen LogP contribution >= 0.6 is 0 Å². The van der Waals surface area contributed by atoms with Crippen LogP contribution in [0.5, 0.6) is 0 Å². The van der Waals surface area contributed by atoms with Crippen LogP contribution in [0.4, 0.5) is 11.5 Å². The molecule has 24 heavy (non-hydrogen) atoms. The Hall–Kier alpha value is -1.63.